The van der Waals surface area contributed by atoms with E-state index in [1.165, 1.54) is 19.1 Å². The molecular formula is C34H40F3N3O4. The summed E-state index contributed by atoms with van der Waals surface area (Å²) in [5.41, 5.74) is 7.65. The number of carbonyl (C=O) groups excluding carboxylic acids is 2. The molecule has 0 amide bonds. The number of phenols is 1. The fraction of sp³-hybridized carbons (Fsp3) is 0.294. The second-order valence-electron chi connectivity index (χ2n) is 10.1. The number of Topliss-reactive ketones (excluding diaryl/α,β-unsaturated/α-hetero) is 1. The summed E-state index contributed by atoms with van der Waals surface area (Å²) in [6.45, 7) is 7.51. The van der Waals surface area contributed by atoms with Crippen molar-refractivity contribution in [3.05, 3.63) is 113 Å². The molecule has 1 aliphatic heterocycles. The van der Waals surface area contributed by atoms with Gasteiger partial charge in [-0.2, -0.15) is 13.2 Å². The molecule has 10 heteroatoms. The maximum absolute atomic E-state index is 12.0. The number of carbonyl (C=O) groups is 2. The molecule has 4 rings (SSSR count). The van der Waals surface area contributed by atoms with Gasteiger partial charge in [0, 0.05) is 24.8 Å². The minimum absolute atomic E-state index is 0.0121. The Balaban J connectivity index is 0.000000290. The molecule has 0 saturated carbocycles. The lowest BCUT2D eigenvalue weighted by Gasteiger charge is -2.20. The van der Waals surface area contributed by atoms with Crippen LogP contribution >= 0.6 is 0 Å². The summed E-state index contributed by atoms with van der Waals surface area (Å²) < 4.78 is 41.4. The number of halogens is 3. The highest BCUT2D eigenvalue weighted by molar-refractivity contribution is 5.91. The molecule has 5 N–H and O–H groups in total. The molecule has 0 bridgehead atoms. The highest BCUT2D eigenvalue weighted by Crippen LogP contribution is 2.35. The lowest BCUT2D eigenvalue weighted by Crippen LogP contribution is -2.39. The molecule has 1 aliphatic rings. The average Bonchev–Trinajstić information content (AvgIpc) is 2.97. The Morgan fingerprint density at radius 2 is 1.73 bits per heavy atom. The van der Waals surface area contributed by atoms with Crippen molar-refractivity contribution < 1.29 is 32.6 Å². The zero-order valence-electron chi connectivity index (χ0n) is 25.1. The number of para-hydroxylation sites is 1. The summed E-state index contributed by atoms with van der Waals surface area (Å²) >= 11 is 0. The van der Waals surface area contributed by atoms with Gasteiger partial charge in [-0.3, -0.25) is 9.59 Å². The van der Waals surface area contributed by atoms with Crippen molar-refractivity contribution in [2.24, 2.45) is 0 Å². The Hall–Kier alpha value is -4.25. The monoisotopic (exact) mass is 611 g/mol. The van der Waals surface area contributed by atoms with Gasteiger partial charge in [0.15, 0.2) is 11.6 Å². The largest absolute Gasteiger partial charge is 0.507 e. The van der Waals surface area contributed by atoms with E-state index in [-0.39, 0.29) is 23.7 Å². The third-order valence-corrected chi connectivity index (χ3v) is 6.20. The second-order valence-corrected chi connectivity index (χ2v) is 10.1. The summed E-state index contributed by atoms with van der Waals surface area (Å²) in [6, 6.07) is 20.3. The van der Waals surface area contributed by atoms with Crippen LogP contribution in [0.25, 0.3) is 6.08 Å². The van der Waals surface area contributed by atoms with Crippen LogP contribution in [0.15, 0.2) is 91.0 Å². The van der Waals surface area contributed by atoms with E-state index in [4.69, 9.17) is 15.6 Å². The van der Waals surface area contributed by atoms with Gasteiger partial charge >= 0.3 is 6.18 Å². The molecule has 236 valence electrons. The first-order valence-corrected chi connectivity index (χ1v) is 14.0. The first-order valence-electron chi connectivity index (χ1n) is 14.0. The Labute approximate surface area is 256 Å². The third-order valence-electron chi connectivity index (χ3n) is 6.20. The number of benzene rings is 3. The first kappa shape index (κ1) is 35.9. The van der Waals surface area contributed by atoms with Crippen molar-refractivity contribution in [1.82, 2.24) is 10.6 Å². The van der Waals surface area contributed by atoms with Gasteiger partial charge in [0.1, 0.15) is 5.75 Å². The summed E-state index contributed by atoms with van der Waals surface area (Å²) in [5, 5.41) is 15.6. The number of ether oxygens (including phenoxy) is 1. The molecule has 1 heterocycles. The van der Waals surface area contributed by atoms with Crippen molar-refractivity contribution in [1.29, 1.82) is 0 Å². The number of alkyl halides is 3. The Kier molecular flexibility index (Phi) is 15.0. The van der Waals surface area contributed by atoms with E-state index < -0.39 is 17.5 Å². The Morgan fingerprint density at radius 1 is 1.05 bits per heavy atom. The Bertz CT molecular complexity index is 1370. The van der Waals surface area contributed by atoms with Crippen LogP contribution in [-0.2, 0) is 20.5 Å². The van der Waals surface area contributed by atoms with Gasteiger partial charge in [-0.1, -0.05) is 66.8 Å². The number of allylic oxidation sites excluding steroid dienone is 1. The number of rotatable bonds is 9. The topological polar surface area (TPSA) is 114 Å². The number of hydrogen-bond acceptors (Lipinski definition) is 7. The van der Waals surface area contributed by atoms with Gasteiger partial charge in [-0.25, -0.2) is 0 Å². The number of nitrogen functional groups attached to an aromatic ring is 1. The maximum Gasteiger partial charge on any atom is 0.419 e. The van der Waals surface area contributed by atoms with Crippen LogP contribution in [0.3, 0.4) is 0 Å². The zero-order valence-corrected chi connectivity index (χ0v) is 25.1. The molecule has 3 aromatic rings. The maximum atomic E-state index is 12.0. The van der Waals surface area contributed by atoms with Crippen molar-refractivity contribution in [2.45, 2.75) is 39.0 Å². The molecule has 44 heavy (non-hydrogen) atoms. The predicted octanol–water partition coefficient (Wildman–Crippen LogP) is 6.04. The smallest absolute Gasteiger partial charge is 0.419 e. The molecule has 7 nitrogen and oxygen atoms in total. The lowest BCUT2D eigenvalue weighted by molar-refractivity contribution is -0.138. The lowest BCUT2D eigenvalue weighted by atomic mass is 10.0. The van der Waals surface area contributed by atoms with Crippen LogP contribution in [-0.4, -0.2) is 49.0 Å². The van der Waals surface area contributed by atoms with E-state index in [2.05, 4.69) is 16.7 Å². The molecule has 0 spiro atoms. The van der Waals surface area contributed by atoms with Crippen LogP contribution in [0.5, 0.6) is 5.75 Å². The normalized spacial score (nSPS) is 15.0. The fourth-order valence-corrected chi connectivity index (χ4v) is 3.98. The average molecular weight is 612 g/mol. The van der Waals surface area contributed by atoms with Crippen molar-refractivity contribution in [3.63, 3.8) is 0 Å². The van der Waals surface area contributed by atoms with Gasteiger partial charge in [0.2, 0.25) is 0 Å². The van der Waals surface area contributed by atoms with E-state index in [9.17, 15) is 22.8 Å². The van der Waals surface area contributed by atoms with E-state index in [0.29, 0.717) is 25.3 Å². The molecule has 0 radical (unpaired) electrons. The molecule has 0 aliphatic carbocycles. The third kappa shape index (κ3) is 13.8. The highest BCUT2D eigenvalue weighted by atomic mass is 19.4. The SMILES string of the molecule is CC(=O)/C=C/c1ccc(C(NCCNC2C=CCOC2)C(C)=O)cc1.Cc1ccc(C(F)(F)F)c(O)c1.Nc1ccccc1. The van der Waals surface area contributed by atoms with Crippen LogP contribution in [0.1, 0.15) is 42.1 Å². The molecule has 3 aromatic carbocycles. The van der Waals surface area contributed by atoms with Crippen molar-refractivity contribution in [3.8, 4) is 5.75 Å². The van der Waals surface area contributed by atoms with E-state index in [1.807, 2.05) is 60.7 Å². The van der Waals surface area contributed by atoms with E-state index >= 15 is 0 Å². The van der Waals surface area contributed by atoms with Gasteiger partial charge in [-0.15, -0.1) is 0 Å². The second kappa shape index (κ2) is 18.4. The Morgan fingerprint density at radius 3 is 2.23 bits per heavy atom. The predicted molar refractivity (Wildman–Crippen MR) is 168 cm³/mol. The standard InChI is InChI=1S/C20H26N2O3.C8H7F3O.C6H7N/c1-15(23)5-6-17-7-9-18(10-8-17)20(16(2)24)22-12-11-21-19-4-3-13-25-14-19;1-5-2-3-6(7(12)4-5)8(9,10)11;7-6-4-2-1-3-5-6/h3-10,19-22H,11-14H2,1-2H3;2-4,12H,1H3;1-5H,7H2/b6-5+;;. The minimum atomic E-state index is -4.47. The number of nitrogens with two attached hydrogens (primary N) is 1. The number of aromatic hydroxyl groups is 1. The summed E-state index contributed by atoms with van der Waals surface area (Å²) in [6.07, 6.45) is 2.95. The molecule has 0 aromatic heterocycles. The quantitative estimate of drug-likeness (QED) is 0.101. The first-order chi connectivity index (χ1) is 20.9. The van der Waals surface area contributed by atoms with Crippen molar-refractivity contribution in [2.75, 3.05) is 32.0 Å². The van der Waals surface area contributed by atoms with Crippen LogP contribution in [0.4, 0.5) is 18.9 Å². The van der Waals surface area contributed by atoms with Gasteiger partial charge in [-0.05, 0) is 67.8 Å². The van der Waals surface area contributed by atoms with Gasteiger partial charge in [0.25, 0.3) is 0 Å². The highest BCUT2D eigenvalue weighted by Gasteiger charge is 2.33. The molecule has 2 atom stereocenters. The molecule has 0 saturated heterocycles. The number of phenolic OH excluding ortho intramolecular Hbond substituents is 1. The van der Waals surface area contributed by atoms with Gasteiger partial charge < -0.3 is 26.2 Å². The zero-order chi connectivity index (χ0) is 32.5. The number of nitrogens with one attached hydrogen (secondary N) is 2. The molecular weight excluding hydrogens is 571 g/mol. The summed E-state index contributed by atoms with van der Waals surface area (Å²) in [7, 11) is 0. The van der Waals surface area contributed by atoms with Crippen LogP contribution < -0.4 is 16.4 Å². The van der Waals surface area contributed by atoms with E-state index in [0.717, 1.165) is 35.5 Å². The number of ketones is 2. The van der Waals surface area contributed by atoms with E-state index in [1.54, 1.807) is 19.9 Å². The van der Waals surface area contributed by atoms with Crippen molar-refractivity contribution >= 4 is 23.3 Å². The molecule has 2 unspecified atom stereocenters. The number of anilines is 1. The summed E-state index contributed by atoms with van der Waals surface area (Å²) in [5.74, 6) is -0.631. The van der Waals surface area contributed by atoms with Gasteiger partial charge in [0.05, 0.1) is 24.8 Å². The minimum Gasteiger partial charge on any atom is -0.507 e. The number of hydrogen-bond donors (Lipinski definition) is 4. The summed E-state index contributed by atoms with van der Waals surface area (Å²) in [4.78, 5) is 23.0. The fourth-order valence-electron chi connectivity index (χ4n) is 3.98. The van der Waals surface area contributed by atoms with Crippen LogP contribution in [0, 0.1) is 6.92 Å². The van der Waals surface area contributed by atoms with Crippen LogP contribution in [0.2, 0.25) is 0 Å². The number of aryl methyl sites for hydroxylation is 1. The molecule has 0 fully saturated rings.